The van der Waals surface area contributed by atoms with Gasteiger partial charge in [-0.25, -0.2) is 0 Å². The van der Waals surface area contributed by atoms with E-state index in [1.54, 1.807) is 12.1 Å². The lowest BCUT2D eigenvalue weighted by Crippen LogP contribution is -2.35. The van der Waals surface area contributed by atoms with Crippen molar-refractivity contribution >= 4 is 0 Å². The number of aromatic hydroxyl groups is 1. The van der Waals surface area contributed by atoms with Crippen LogP contribution in [0.5, 0.6) is 5.75 Å². The van der Waals surface area contributed by atoms with Gasteiger partial charge >= 0.3 is 0 Å². The van der Waals surface area contributed by atoms with Gasteiger partial charge in [0.25, 0.3) is 0 Å². The highest BCUT2D eigenvalue weighted by Gasteiger charge is 2.20. The van der Waals surface area contributed by atoms with Gasteiger partial charge < -0.3 is 15.6 Å². The zero-order valence-electron chi connectivity index (χ0n) is 9.43. The van der Waals surface area contributed by atoms with Crippen LogP contribution < -0.4 is 5.73 Å². The van der Waals surface area contributed by atoms with Crippen molar-refractivity contribution < 1.29 is 9.84 Å². The molecule has 1 aromatic rings. The second-order valence-corrected chi connectivity index (χ2v) is 4.49. The minimum atomic E-state index is 0.172. The minimum absolute atomic E-state index is 0.172. The van der Waals surface area contributed by atoms with Gasteiger partial charge in [0.15, 0.2) is 0 Å². The summed E-state index contributed by atoms with van der Waals surface area (Å²) in [6, 6.07) is 7.52. The van der Waals surface area contributed by atoms with E-state index in [1.807, 2.05) is 12.1 Å². The van der Waals surface area contributed by atoms with Crippen LogP contribution in [0, 0.1) is 5.92 Å². The van der Waals surface area contributed by atoms with Crippen LogP contribution in [0.2, 0.25) is 0 Å². The van der Waals surface area contributed by atoms with Gasteiger partial charge in [0.1, 0.15) is 5.75 Å². The van der Waals surface area contributed by atoms with Gasteiger partial charge in [0.2, 0.25) is 0 Å². The Bertz CT molecular complexity index is 334. The van der Waals surface area contributed by atoms with Crippen LogP contribution in [-0.4, -0.2) is 24.4 Å². The molecule has 1 heterocycles. The Hall–Kier alpha value is -1.06. The molecule has 0 amide bonds. The maximum absolute atomic E-state index is 9.38. The maximum Gasteiger partial charge on any atom is 0.115 e. The van der Waals surface area contributed by atoms with Crippen LogP contribution in [-0.2, 0) is 11.2 Å². The number of rotatable bonds is 3. The molecule has 1 aliphatic rings. The number of hydrogen-bond acceptors (Lipinski definition) is 3. The van der Waals surface area contributed by atoms with E-state index in [9.17, 15) is 5.11 Å². The number of phenolic OH excluding ortho intramolecular Hbond substituents is 1. The molecule has 3 heteroatoms. The van der Waals surface area contributed by atoms with Gasteiger partial charge in [0.05, 0.1) is 0 Å². The maximum atomic E-state index is 9.38. The summed E-state index contributed by atoms with van der Waals surface area (Å²) in [4.78, 5) is 0. The first-order valence-corrected chi connectivity index (χ1v) is 5.87. The van der Waals surface area contributed by atoms with Crippen molar-refractivity contribution in [3.63, 3.8) is 0 Å². The number of benzene rings is 1. The average molecular weight is 221 g/mol. The summed E-state index contributed by atoms with van der Waals surface area (Å²) in [5.74, 6) is 0.868. The highest BCUT2D eigenvalue weighted by molar-refractivity contribution is 5.27. The third-order valence-electron chi connectivity index (χ3n) is 3.25. The van der Waals surface area contributed by atoms with Crippen LogP contribution >= 0.6 is 0 Å². The van der Waals surface area contributed by atoms with E-state index in [-0.39, 0.29) is 6.04 Å². The first-order valence-electron chi connectivity index (χ1n) is 5.87. The predicted octanol–water partition coefficient (Wildman–Crippen LogP) is 1.69. The van der Waals surface area contributed by atoms with E-state index < -0.39 is 0 Å². The Morgan fingerprint density at radius 1 is 1.38 bits per heavy atom. The van der Waals surface area contributed by atoms with E-state index in [2.05, 4.69) is 0 Å². The topological polar surface area (TPSA) is 55.5 Å². The second kappa shape index (κ2) is 5.32. The Labute approximate surface area is 96.2 Å². The van der Waals surface area contributed by atoms with Crippen LogP contribution in [0.1, 0.15) is 18.4 Å². The standard InChI is InChI=1S/C13H19NO2/c14-13(11-4-6-16-7-5-11)9-10-2-1-3-12(15)8-10/h1-3,8,11,13,15H,4-7,9,14H2. The van der Waals surface area contributed by atoms with Crippen molar-refractivity contribution in [2.75, 3.05) is 13.2 Å². The molecule has 1 aromatic carbocycles. The van der Waals surface area contributed by atoms with E-state index >= 15 is 0 Å². The lowest BCUT2D eigenvalue weighted by molar-refractivity contribution is 0.0585. The molecule has 1 aliphatic heterocycles. The van der Waals surface area contributed by atoms with Gasteiger partial charge in [-0.2, -0.15) is 0 Å². The molecule has 1 saturated heterocycles. The average Bonchev–Trinajstić information content (AvgIpc) is 2.30. The molecule has 1 fully saturated rings. The highest BCUT2D eigenvalue weighted by atomic mass is 16.5. The van der Waals surface area contributed by atoms with E-state index in [1.165, 1.54) is 0 Å². The molecule has 0 aromatic heterocycles. The Balaban J connectivity index is 1.93. The summed E-state index contributed by atoms with van der Waals surface area (Å²) >= 11 is 0. The summed E-state index contributed by atoms with van der Waals surface area (Å²) in [5.41, 5.74) is 7.30. The van der Waals surface area contributed by atoms with Crippen molar-refractivity contribution in [1.82, 2.24) is 0 Å². The molecule has 0 radical (unpaired) electrons. The second-order valence-electron chi connectivity index (χ2n) is 4.49. The van der Waals surface area contributed by atoms with Crippen LogP contribution in [0.15, 0.2) is 24.3 Å². The van der Waals surface area contributed by atoms with E-state index in [4.69, 9.17) is 10.5 Å². The number of ether oxygens (including phenoxy) is 1. The van der Waals surface area contributed by atoms with Crippen molar-refractivity contribution in [3.05, 3.63) is 29.8 Å². The number of hydrogen-bond donors (Lipinski definition) is 2. The molecule has 0 saturated carbocycles. The minimum Gasteiger partial charge on any atom is -0.508 e. The molecular formula is C13H19NO2. The molecule has 0 aliphatic carbocycles. The monoisotopic (exact) mass is 221 g/mol. The number of phenols is 1. The fourth-order valence-electron chi connectivity index (χ4n) is 2.27. The number of nitrogens with two attached hydrogens (primary N) is 1. The van der Waals surface area contributed by atoms with Crippen LogP contribution in [0.4, 0.5) is 0 Å². The third kappa shape index (κ3) is 2.97. The fourth-order valence-corrected chi connectivity index (χ4v) is 2.27. The summed E-state index contributed by atoms with van der Waals surface area (Å²) in [6.45, 7) is 1.66. The van der Waals surface area contributed by atoms with Crippen LogP contribution in [0.25, 0.3) is 0 Å². The molecular weight excluding hydrogens is 202 g/mol. The van der Waals surface area contributed by atoms with E-state index in [0.29, 0.717) is 11.7 Å². The fraction of sp³-hybridized carbons (Fsp3) is 0.538. The first-order chi connectivity index (χ1) is 7.75. The summed E-state index contributed by atoms with van der Waals surface area (Å²) < 4.78 is 5.32. The first kappa shape index (κ1) is 11.4. The lowest BCUT2D eigenvalue weighted by Gasteiger charge is -2.27. The lowest BCUT2D eigenvalue weighted by atomic mass is 9.88. The molecule has 2 rings (SSSR count). The quantitative estimate of drug-likeness (QED) is 0.816. The van der Waals surface area contributed by atoms with Gasteiger partial charge in [-0.3, -0.25) is 0 Å². The van der Waals surface area contributed by atoms with Gasteiger partial charge in [-0.1, -0.05) is 12.1 Å². The van der Waals surface area contributed by atoms with Crippen molar-refractivity contribution in [2.24, 2.45) is 11.7 Å². The zero-order valence-corrected chi connectivity index (χ0v) is 9.43. The van der Waals surface area contributed by atoms with Crippen LogP contribution in [0.3, 0.4) is 0 Å². The normalized spacial score (nSPS) is 19.6. The highest BCUT2D eigenvalue weighted by Crippen LogP contribution is 2.21. The molecule has 0 spiro atoms. The smallest absolute Gasteiger partial charge is 0.115 e. The Kier molecular flexibility index (Phi) is 3.80. The molecule has 1 atom stereocenters. The Morgan fingerprint density at radius 3 is 2.81 bits per heavy atom. The van der Waals surface area contributed by atoms with Crippen molar-refractivity contribution in [1.29, 1.82) is 0 Å². The molecule has 1 unspecified atom stereocenters. The zero-order chi connectivity index (χ0) is 11.4. The molecule has 0 bridgehead atoms. The molecule has 3 N–H and O–H groups in total. The predicted molar refractivity (Wildman–Crippen MR) is 63.3 cm³/mol. The van der Waals surface area contributed by atoms with E-state index in [0.717, 1.165) is 38.0 Å². The summed E-state index contributed by atoms with van der Waals surface area (Å²) in [7, 11) is 0. The van der Waals surface area contributed by atoms with Gasteiger partial charge in [-0.05, 0) is 42.9 Å². The largest absolute Gasteiger partial charge is 0.508 e. The van der Waals surface area contributed by atoms with Crippen molar-refractivity contribution in [3.8, 4) is 5.75 Å². The van der Waals surface area contributed by atoms with Gasteiger partial charge in [-0.15, -0.1) is 0 Å². The third-order valence-corrected chi connectivity index (χ3v) is 3.25. The van der Waals surface area contributed by atoms with Crippen molar-refractivity contribution in [2.45, 2.75) is 25.3 Å². The van der Waals surface area contributed by atoms with Gasteiger partial charge in [0, 0.05) is 19.3 Å². The Morgan fingerprint density at radius 2 is 2.12 bits per heavy atom. The summed E-state index contributed by atoms with van der Waals surface area (Å²) in [6.07, 6.45) is 2.94. The molecule has 16 heavy (non-hydrogen) atoms. The SMILES string of the molecule is NC(Cc1cccc(O)c1)C1CCOCC1. The molecule has 88 valence electrons. The molecule has 3 nitrogen and oxygen atoms in total. The summed E-state index contributed by atoms with van der Waals surface area (Å²) in [5, 5.41) is 9.38.